The van der Waals surface area contributed by atoms with Crippen LogP contribution in [0.25, 0.3) is 16.5 Å². The van der Waals surface area contributed by atoms with Crippen molar-refractivity contribution < 1.29 is 9.59 Å². The summed E-state index contributed by atoms with van der Waals surface area (Å²) < 4.78 is 0. The summed E-state index contributed by atoms with van der Waals surface area (Å²) in [4.78, 5) is 28.7. The van der Waals surface area contributed by atoms with Gasteiger partial charge in [-0.25, -0.2) is 0 Å². The maximum Gasteiger partial charge on any atom is 0.240 e. The lowest BCUT2D eigenvalue weighted by molar-refractivity contribution is -0.133. The molecule has 0 spiro atoms. The van der Waals surface area contributed by atoms with E-state index in [-0.39, 0.29) is 24.4 Å². The minimum absolute atomic E-state index is 0.00945. The van der Waals surface area contributed by atoms with E-state index >= 15 is 0 Å². The SMILES string of the molecule is CC(C)NC(=O)CN1C=C(c2nnc(Nc3ccc4[nH]ncc4c3)[nH]2)CCC1=O. The Hall–Kier alpha value is -3.69. The molecular weight excluding hydrogens is 372 g/mol. The zero-order chi connectivity index (χ0) is 20.4. The van der Waals surface area contributed by atoms with Gasteiger partial charge < -0.3 is 20.5 Å². The van der Waals surface area contributed by atoms with Gasteiger partial charge in [-0.1, -0.05) is 0 Å². The molecule has 150 valence electrons. The second kappa shape index (κ2) is 7.74. The Labute approximate surface area is 166 Å². The first-order valence-electron chi connectivity index (χ1n) is 9.40. The fourth-order valence-corrected chi connectivity index (χ4v) is 3.17. The number of hydrogen-bond acceptors (Lipinski definition) is 6. The van der Waals surface area contributed by atoms with Gasteiger partial charge in [0.25, 0.3) is 0 Å². The predicted octanol–water partition coefficient (Wildman–Crippen LogP) is 1.91. The number of fused-ring (bicyclic) bond motifs is 1. The Morgan fingerprint density at radius 3 is 2.97 bits per heavy atom. The van der Waals surface area contributed by atoms with Crippen molar-refractivity contribution in [1.29, 1.82) is 0 Å². The number of amides is 2. The first-order chi connectivity index (χ1) is 14.0. The van der Waals surface area contributed by atoms with Crippen LogP contribution < -0.4 is 10.6 Å². The number of carbonyl (C=O) groups is 2. The van der Waals surface area contributed by atoms with E-state index in [9.17, 15) is 9.59 Å². The lowest BCUT2D eigenvalue weighted by Crippen LogP contribution is -2.41. The molecule has 2 amide bonds. The number of carbonyl (C=O) groups excluding carboxylic acids is 2. The van der Waals surface area contributed by atoms with Crippen LogP contribution in [0.1, 0.15) is 32.5 Å². The zero-order valence-corrected chi connectivity index (χ0v) is 16.2. The average molecular weight is 394 g/mol. The van der Waals surface area contributed by atoms with Gasteiger partial charge in [-0.2, -0.15) is 5.10 Å². The molecule has 0 unspecified atom stereocenters. The number of aromatic amines is 2. The largest absolute Gasteiger partial charge is 0.352 e. The number of aromatic nitrogens is 5. The first kappa shape index (κ1) is 18.7. The monoisotopic (exact) mass is 394 g/mol. The predicted molar refractivity (Wildman–Crippen MR) is 108 cm³/mol. The number of hydrogen-bond donors (Lipinski definition) is 4. The molecule has 4 N–H and O–H groups in total. The topological polar surface area (TPSA) is 132 Å². The van der Waals surface area contributed by atoms with Crippen LogP contribution in [0.5, 0.6) is 0 Å². The highest BCUT2D eigenvalue weighted by Gasteiger charge is 2.23. The molecule has 10 heteroatoms. The highest BCUT2D eigenvalue weighted by Crippen LogP contribution is 2.25. The number of benzene rings is 1. The molecule has 3 heterocycles. The highest BCUT2D eigenvalue weighted by molar-refractivity contribution is 5.89. The van der Waals surface area contributed by atoms with Crippen LogP contribution in [0.4, 0.5) is 11.6 Å². The highest BCUT2D eigenvalue weighted by atomic mass is 16.2. The van der Waals surface area contributed by atoms with Gasteiger partial charge in [0.1, 0.15) is 6.54 Å². The summed E-state index contributed by atoms with van der Waals surface area (Å²) in [5.74, 6) is 0.780. The number of nitrogens with zero attached hydrogens (tertiary/aromatic N) is 4. The van der Waals surface area contributed by atoms with E-state index in [0.29, 0.717) is 24.6 Å². The lowest BCUT2D eigenvalue weighted by Gasteiger charge is -2.24. The minimum atomic E-state index is -0.194. The summed E-state index contributed by atoms with van der Waals surface area (Å²) in [6.45, 7) is 3.75. The van der Waals surface area contributed by atoms with Crippen LogP contribution in [-0.2, 0) is 9.59 Å². The standard InChI is InChI=1S/C19H22N8O2/c1-11(2)21-16(28)10-27-9-12(3-6-17(27)29)18-23-19(26-25-18)22-14-4-5-15-13(7-14)8-20-24-15/h4-5,7-9,11H,3,6,10H2,1-2H3,(H,20,24)(H,21,28)(H2,22,23,25,26). The lowest BCUT2D eigenvalue weighted by atomic mass is 10.1. The quantitative estimate of drug-likeness (QED) is 0.505. The summed E-state index contributed by atoms with van der Waals surface area (Å²) in [7, 11) is 0. The van der Waals surface area contributed by atoms with Crippen molar-refractivity contribution in [3.63, 3.8) is 0 Å². The van der Waals surface area contributed by atoms with Gasteiger partial charge in [-0.05, 0) is 38.5 Å². The third kappa shape index (κ3) is 4.26. The molecule has 0 saturated carbocycles. The van der Waals surface area contributed by atoms with Gasteiger partial charge in [0.15, 0.2) is 5.82 Å². The Morgan fingerprint density at radius 1 is 1.28 bits per heavy atom. The summed E-state index contributed by atoms with van der Waals surface area (Å²) in [5, 5.41) is 22.2. The number of anilines is 2. The molecule has 4 rings (SSSR count). The molecule has 1 aromatic carbocycles. The first-order valence-corrected chi connectivity index (χ1v) is 9.40. The van der Waals surface area contributed by atoms with Crippen LogP contribution in [0.3, 0.4) is 0 Å². The van der Waals surface area contributed by atoms with Crippen molar-refractivity contribution in [2.45, 2.75) is 32.7 Å². The van der Waals surface area contributed by atoms with Crippen molar-refractivity contribution in [3.8, 4) is 0 Å². The third-order valence-electron chi connectivity index (χ3n) is 4.50. The minimum Gasteiger partial charge on any atom is -0.352 e. The fraction of sp³-hybridized carbons (Fsp3) is 0.316. The maximum absolute atomic E-state index is 12.2. The Bertz CT molecular complexity index is 1080. The van der Waals surface area contributed by atoms with E-state index in [2.05, 4.69) is 36.0 Å². The van der Waals surface area contributed by atoms with Gasteiger partial charge in [0, 0.05) is 35.3 Å². The summed E-state index contributed by atoms with van der Waals surface area (Å²) in [6, 6.07) is 5.82. The molecule has 1 aliphatic heterocycles. The second-order valence-electron chi connectivity index (χ2n) is 7.22. The van der Waals surface area contributed by atoms with E-state index in [4.69, 9.17) is 0 Å². The molecule has 2 aromatic heterocycles. The smallest absolute Gasteiger partial charge is 0.240 e. The summed E-state index contributed by atoms with van der Waals surface area (Å²) >= 11 is 0. The Morgan fingerprint density at radius 2 is 2.14 bits per heavy atom. The van der Waals surface area contributed by atoms with E-state index < -0.39 is 0 Å². The Kier molecular flexibility index (Phi) is 4.98. The maximum atomic E-state index is 12.2. The molecule has 29 heavy (non-hydrogen) atoms. The molecule has 0 fully saturated rings. The fourth-order valence-electron chi connectivity index (χ4n) is 3.17. The third-order valence-corrected chi connectivity index (χ3v) is 4.50. The van der Waals surface area contributed by atoms with E-state index in [1.165, 1.54) is 4.90 Å². The molecule has 0 aliphatic carbocycles. The second-order valence-corrected chi connectivity index (χ2v) is 7.22. The van der Waals surface area contributed by atoms with Gasteiger partial charge in [0.05, 0.1) is 11.7 Å². The molecule has 10 nitrogen and oxygen atoms in total. The van der Waals surface area contributed by atoms with E-state index in [1.807, 2.05) is 32.0 Å². The Balaban J connectivity index is 1.48. The summed E-state index contributed by atoms with van der Waals surface area (Å²) in [6.07, 6.45) is 4.28. The molecular formula is C19H22N8O2. The van der Waals surface area contributed by atoms with E-state index in [1.54, 1.807) is 12.4 Å². The molecule has 0 saturated heterocycles. The van der Waals surface area contributed by atoms with Crippen LogP contribution in [0.2, 0.25) is 0 Å². The summed E-state index contributed by atoms with van der Waals surface area (Å²) in [5.41, 5.74) is 2.63. The van der Waals surface area contributed by atoms with E-state index in [0.717, 1.165) is 22.2 Å². The van der Waals surface area contributed by atoms with Gasteiger partial charge >= 0.3 is 0 Å². The molecule has 0 radical (unpaired) electrons. The molecule has 0 bridgehead atoms. The molecule has 0 atom stereocenters. The molecule has 1 aliphatic rings. The average Bonchev–Trinajstić information content (AvgIpc) is 3.32. The van der Waals surface area contributed by atoms with Crippen molar-refractivity contribution in [2.75, 3.05) is 11.9 Å². The normalized spacial score (nSPS) is 14.4. The van der Waals surface area contributed by atoms with Crippen LogP contribution in [0.15, 0.2) is 30.6 Å². The van der Waals surface area contributed by atoms with Crippen molar-refractivity contribution in [2.24, 2.45) is 0 Å². The van der Waals surface area contributed by atoms with Crippen molar-refractivity contribution >= 4 is 39.9 Å². The zero-order valence-electron chi connectivity index (χ0n) is 16.2. The van der Waals surface area contributed by atoms with Gasteiger partial charge in [-0.3, -0.25) is 14.7 Å². The number of H-pyrrole nitrogens is 2. The number of nitrogens with one attached hydrogen (secondary N) is 4. The van der Waals surface area contributed by atoms with Crippen LogP contribution in [0, 0.1) is 0 Å². The number of rotatable bonds is 6. The van der Waals surface area contributed by atoms with Crippen molar-refractivity contribution in [3.05, 3.63) is 36.4 Å². The van der Waals surface area contributed by atoms with Crippen LogP contribution in [-0.4, -0.2) is 54.7 Å². The van der Waals surface area contributed by atoms with Crippen molar-refractivity contribution in [1.82, 2.24) is 35.6 Å². The molecule has 3 aromatic rings. The number of allylic oxidation sites excluding steroid dienone is 1. The van der Waals surface area contributed by atoms with Gasteiger partial charge in [0.2, 0.25) is 17.8 Å². The van der Waals surface area contributed by atoms with Crippen LogP contribution >= 0.6 is 0 Å². The van der Waals surface area contributed by atoms with Gasteiger partial charge in [-0.15, -0.1) is 10.2 Å².